The van der Waals surface area contributed by atoms with E-state index in [4.69, 9.17) is 0 Å². The van der Waals surface area contributed by atoms with Crippen molar-refractivity contribution in [3.8, 4) is 0 Å². The summed E-state index contributed by atoms with van der Waals surface area (Å²) in [6, 6.07) is 0. The van der Waals surface area contributed by atoms with E-state index >= 15 is 0 Å². The molecule has 0 heterocycles. The number of hydrogen-bond donors (Lipinski definition) is 1. The summed E-state index contributed by atoms with van der Waals surface area (Å²) in [4.78, 5) is 11.2. The van der Waals surface area contributed by atoms with Gasteiger partial charge < -0.3 is 5.11 Å². The summed E-state index contributed by atoms with van der Waals surface area (Å²) in [6.07, 6.45) is 9.19. The number of unbranched alkanes of at least 4 members (excludes halogenated alkanes) is 4. The Kier molecular flexibility index (Phi) is 4.62. The summed E-state index contributed by atoms with van der Waals surface area (Å²) in [5.74, 6) is -0.123. The Hall–Kier alpha value is -0.530. The fourth-order valence-corrected chi connectivity index (χ4v) is 2.30. The lowest BCUT2D eigenvalue weighted by Crippen LogP contribution is -2.29. The third kappa shape index (κ3) is 3.51. The normalized spacial score (nSPS) is 19.9. The molecular weight excluding hydrogens is 188 g/mol. The van der Waals surface area contributed by atoms with Crippen LogP contribution in [0.2, 0.25) is 0 Å². The first-order valence-corrected chi connectivity index (χ1v) is 6.34. The van der Waals surface area contributed by atoms with E-state index in [2.05, 4.69) is 6.92 Å². The van der Waals surface area contributed by atoms with Crippen molar-refractivity contribution in [3.05, 3.63) is 0 Å². The van der Waals surface area contributed by atoms with E-state index in [1.54, 1.807) is 0 Å². The van der Waals surface area contributed by atoms with E-state index in [0.717, 1.165) is 25.7 Å². The number of carboxylic acids is 1. The van der Waals surface area contributed by atoms with Crippen LogP contribution in [0.15, 0.2) is 0 Å². The summed E-state index contributed by atoms with van der Waals surface area (Å²) < 4.78 is 0. The summed E-state index contributed by atoms with van der Waals surface area (Å²) in [5, 5.41) is 9.25. The molecule has 1 saturated carbocycles. The Morgan fingerprint density at radius 1 is 1.27 bits per heavy atom. The lowest BCUT2D eigenvalue weighted by Gasteiger charge is -2.24. The quantitative estimate of drug-likeness (QED) is 0.620. The molecule has 1 aliphatic carbocycles. The summed E-state index contributed by atoms with van der Waals surface area (Å²) in [5.41, 5.74) is -0.424. The van der Waals surface area contributed by atoms with Crippen molar-refractivity contribution < 1.29 is 9.90 Å². The summed E-state index contributed by atoms with van der Waals surface area (Å²) >= 11 is 0. The zero-order valence-corrected chi connectivity index (χ0v) is 10.1. The Morgan fingerprint density at radius 2 is 1.87 bits per heavy atom. The van der Waals surface area contributed by atoms with Gasteiger partial charge in [-0.25, -0.2) is 0 Å². The van der Waals surface area contributed by atoms with Gasteiger partial charge >= 0.3 is 5.97 Å². The molecule has 0 aromatic rings. The smallest absolute Gasteiger partial charge is 0.309 e. The Balaban J connectivity index is 2.23. The van der Waals surface area contributed by atoms with Gasteiger partial charge in [0.2, 0.25) is 0 Å². The first-order chi connectivity index (χ1) is 7.11. The zero-order chi connectivity index (χ0) is 11.3. The molecule has 1 fully saturated rings. The molecule has 1 aliphatic rings. The second-order valence-corrected chi connectivity index (χ2v) is 5.16. The van der Waals surface area contributed by atoms with Crippen LogP contribution in [-0.2, 0) is 4.79 Å². The third-order valence-corrected chi connectivity index (χ3v) is 3.77. The molecule has 0 aromatic carbocycles. The highest BCUT2D eigenvalue weighted by atomic mass is 16.4. The number of aliphatic carboxylic acids is 1. The molecule has 88 valence electrons. The van der Waals surface area contributed by atoms with Gasteiger partial charge in [-0.2, -0.15) is 0 Å². The van der Waals surface area contributed by atoms with Gasteiger partial charge in [0, 0.05) is 0 Å². The fraction of sp³-hybridized carbons (Fsp3) is 0.923. The van der Waals surface area contributed by atoms with Crippen LogP contribution in [0.1, 0.15) is 65.2 Å². The molecule has 1 rings (SSSR count). The molecule has 1 unspecified atom stereocenters. The van der Waals surface area contributed by atoms with Crippen molar-refractivity contribution in [2.45, 2.75) is 65.2 Å². The van der Waals surface area contributed by atoms with E-state index < -0.39 is 11.4 Å². The third-order valence-electron chi connectivity index (χ3n) is 3.77. The largest absolute Gasteiger partial charge is 0.481 e. The van der Waals surface area contributed by atoms with Gasteiger partial charge in [-0.05, 0) is 32.1 Å². The predicted molar refractivity (Wildman–Crippen MR) is 61.8 cm³/mol. The average molecular weight is 212 g/mol. The van der Waals surface area contributed by atoms with Crippen molar-refractivity contribution in [1.82, 2.24) is 0 Å². The fourth-order valence-electron chi connectivity index (χ4n) is 2.30. The van der Waals surface area contributed by atoms with Crippen LogP contribution in [0.5, 0.6) is 0 Å². The van der Waals surface area contributed by atoms with Crippen LogP contribution in [-0.4, -0.2) is 11.1 Å². The SMILES string of the molecule is CCCCCCCC(C)(C(=O)O)C1CC1. The van der Waals surface area contributed by atoms with Crippen molar-refractivity contribution in [3.63, 3.8) is 0 Å². The number of carbonyl (C=O) groups is 1. The highest BCUT2D eigenvalue weighted by Gasteiger charge is 2.46. The van der Waals surface area contributed by atoms with Crippen LogP contribution in [0.25, 0.3) is 0 Å². The molecule has 0 spiro atoms. The molecule has 0 aromatic heterocycles. The summed E-state index contributed by atoms with van der Waals surface area (Å²) in [7, 11) is 0. The monoisotopic (exact) mass is 212 g/mol. The van der Waals surface area contributed by atoms with Crippen LogP contribution in [0.3, 0.4) is 0 Å². The number of carboxylic acid groups (broad SMARTS) is 1. The van der Waals surface area contributed by atoms with Gasteiger partial charge in [0.1, 0.15) is 0 Å². The molecule has 2 nitrogen and oxygen atoms in total. The summed E-state index contributed by atoms with van der Waals surface area (Å²) in [6.45, 7) is 4.14. The lowest BCUT2D eigenvalue weighted by molar-refractivity contribution is -0.149. The minimum atomic E-state index is -0.583. The van der Waals surface area contributed by atoms with Gasteiger partial charge in [0.05, 0.1) is 5.41 Å². The molecule has 2 heteroatoms. The topological polar surface area (TPSA) is 37.3 Å². The first kappa shape index (κ1) is 12.5. The van der Waals surface area contributed by atoms with Crippen LogP contribution in [0, 0.1) is 11.3 Å². The molecule has 1 N–H and O–H groups in total. The van der Waals surface area contributed by atoms with Gasteiger partial charge in [0.15, 0.2) is 0 Å². The maximum Gasteiger partial charge on any atom is 0.309 e. The van der Waals surface area contributed by atoms with Gasteiger partial charge in [-0.3, -0.25) is 4.79 Å². The van der Waals surface area contributed by atoms with Gasteiger partial charge in [0.25, 0.3) is 0 Å². The standard InChI is InChI=1S/C13H24O2/c1-3-4-5-6-7-10-13(2,12(14)15)11-8-9-11/h11H,3-10H2,1-2H3,(H,14,15). The predicted octanol–water partition coefficient (Wildman–Crippen LogP) is 3.85. The molecule has 0 bridgehead atoms. The number of rotatable bonds is 8. The molecule has 15 heavy (non-hydrogen) atoms. The van der Waals surface area contributed by atoms with E-state index in [0.29, 0.717) is 5.92 Å². The lowest BCUT2D eigenvalue weighted by atomic mass is 9.80. The Bertz CT molecular complexity index is 209. The van der Waals surface area contributed by atoms with Crippen LogP contribution < -0.4 is 0 Å². The van der Waals surface area contributed by atoms with E-state index in [9.17, 15) is 9.90 Å². The van der Waals surface area contributed by atoms with Crippen molar-refractivity contribution in [1.29, 1.82) is 0 Å². The van der Waals surface area contributed by atoms with E-state index in [1.165, 1.54) is 25.7 Å². The molecular formula is C13H24O2. The number of hydrogen-bond acceptors (Lipinski definition) is 1. The molecule has 0 amide bonds. The van der Waals surface area contributed by atoms with Crippen LogP contribution in [0.4, 0.5) is 0 Å². The van der Waals surface area contributed by atoms with Crippen molar-refractivity contribution in [2.24, 2.45) is 11.3 Å². The highest BCUT2D eigenvalue weighted by molar-refractivity contribution is 5.75. The minimum Gasteiger partial charge on any atom is -0.481 e. The maximum atomic E-state index is 11.2. The maximum absolute atomic E-state index is 11.2. The Labute approximate surface area is 93.1 Å². The van der Waals surface area contributed by atoms with Gasteiger partial charge in [-0.1, -0.05) is 39.0 Å². The molecule has 0 saturated heterocycles. The molecule has 0 radical (unpaired) electrons. The Morgan fingerprint density at radius 3 is 2.33 bits per heavy atom. The zero-order valence-electron chi connectivity index (χ0n) is 10.1. The average Bonchev–Trinajstić information content (AvgIpc) is 3.00. The highest BCUT2D eigenvalue weighted by Crippen LogP contribution is 2.48. The van der Waals surface area contributed by atoms with Gasteiger partial charge in [-0.15, -0.1) is 0 Å². The second-order valence-electron chi connectivity index (χ2n) is 5.16. The van der Waals surface area contributed by atoms with Crippen molar-refractivity contribution in [2.75, 3.05) is 0 Å². The van der Waals surface area contributed by atoms with Crippen molar-refractivity contribution >= 4 is 5.97 Å². The van der Waals surface area contributed by atoms with E-state index in [-0.39, 0.29) is 0 Å². The van der Waals surface area contributed by atoms with E-state index in [1.807, 2.05) is 6.92 Å². The minimum absolute atomic E-state index is 0.424. The molecule has 1 atom stereocenters. The second kappa shape index (κ2) is 5.53. The molecule has 0 aliphatic heterocycles. The van der Waals surface area contributed by atoms with Crippen LogP contribution >= 0.6 is 0 Å². The first-order valence-electron chi connectivity index (χ1n) is 6.34.